The number of nitrogens with zero attached hydrogens (tertiary/aromatic N) is 1. The summed E-state index contributed by atoms with van der Waals surface area (Å²) in [5.74, 6) is -1.68. The molecule has 2 aliphatic rings. The Morgan fingerprint density at radius 3 is 2.60 bits per heavy atom. The van der Waals surface area contributed by atoms with Crippen molar-refractivity contribution >= 4 is 47.0 Å². The van der Waals surface area contributed by atoms with Crippen LogP contribution in [0.3, 0.4) is 0 Å². The van der Waals surface area contributed by atoms with Crippen LogP contribution in [0.2, 0.25) is 5.02 Å². The van der Waals surface area contributed by atoms with E-state index >= 15 is 4.39 Å². The number of carbonyl (C=O) groups is 4. The molecule has 1 saturated heterocycles. The van der Waals surface area contributed by atoms with E-state index in [1.807, 2.05) is 0 Å². The minimum Gasteiger partial charge on any atom is -0.453 e. The molecule has 0 radical (unpaired) electrons. The first-order valence-corrected chi connectivity index (χ1v) is 13.0. The number of rotatable bonds is 7. The van der Waals surface area contributed by atoms with Crippen LogP contribution in [0, 0.1) is 5.82 Å². The number of anilines is 2. The smallest absolute Gasteiger partial charge is 0.412 e. The number of ether oxygens (including phenoxy) is 3. The van der Waals surface area contributed by atoms with Crippen molar-refractivity contribution in [2.24, 2.45) is 0 Å². The number of fused-ring (bicyclic) bond motifs is 2. The zero-order valence-electron chi connectivity index (χ0n) is 22.2. The third-order valence-corrected chi connectivity index (χ3v) is 7.29. The molecule has 1 fully saturated rings. The van der Waals surface area contributed by atoms with Crippen molar-refractivity contribution in [3.8, 4) is 0 Å². The molecule has 0 bridgehead atoms. The number of nitrogens with one attached hydrogen (secondary N) is 3. The van der Waals surface area contributed by atoms with Crippen LogP contribution in [0.15, 0.2) is 36.4 Å². The predicted molar refractivity (Wildman–Crippen MR) is 144 cm³/mol. The maximum atomic E-state index is 15.3. The van der Waals surface area contributed by atoms with Gasteiger partial charge >= 0.3 is 12.2 Å². The fourth-order valence-corrected chi connectivity index (χ4v) is 5.10. The summed E-state index contributed by atoms with van der Waals surface area (Å²) in [6, 6.07) is 7.89. The van der Waals surface area contributed by atoms with E-state index in [1.54, 1.807) is 6.92 Å². The predicted octanol–water partition coefficient (Wildman–Crippen LogP) is 4.26. The first-order valence-electron chi connectivity index (χ1n) is 12.6. The van der Waals surface area contributed by atoms with Crippen LogP contribution >= 0.6 is 11.6 Å². The SMILES string of the molecule is COC(=O)Nc1ccc(C(=O)N[C@H](C[C@H](C)OC)C(=O)N2CCC[C@@]3(C2)OC(=O)Nc2ccc(Cl)c(F)c23)cc1. The Kier molecular flexibility index (Phi) is 8.79. The van der Waals surface area contributed by atoms with Gasteiger partial charge in [-0.2, -0.15) is 0 Å². The second kappa shape index (κ2) is 12.1. The highest BCUT2D eigenvalue weighted by molar-refractivity contribution is 6.31. The Hall–Kier alpha value is -3.90. The third kappa shape index (κ3) is 6.13. The second-order valence-corrected chi connectivity index (χ2v) is 10.1. The summed E-state index contributed by atoms with van der Waals surface area (Å²) in [7, 11) is 2.73. The van der Waals surface area contributed by atoms with Crippen LogP contribution in [0.25, 0.3) is 0 Å². The number of hydrogen-bond donors (Lipinski definition) is 3. The average Bonchev–Trinajstić information content (AvgIpc) is 2.94. The van der Waals surface area contributed by atoms with E-state index in [0.29, 0.717) is 18.7 Å². The lowest BCUT2D eigenvalue weighted by Crippen LogP contribution is -2.57. The maximum absolute atomic E-state index is 15.3. The van der Waals surface area contributed by atoms with Crippen molar-refractivity contribution in [3.05, 3.63) is 58.4 Å². The molecule has 1 spiro atoms. The normalized spacial score (nSPS) is 19.5. The molecular weight excluding hydrogens is 547 g/mol. The molecule has 4 rings (SSSR count). The Balaban J connectivity index is 1.56. The summed E-state index contributed by atoms with van der Waals surface area (Å²) in [5.41, 5.74) is -0.443. The van der Waals surface area contributed by atoms with E-state index in [-0.39, 0.29) is 47.3 Å². The lowest BCUT2D eigenvalue weighted by atomic mass is 9.82. The summed E-state index contributed by atoms with van der Waals surface area (Å²) in [6.45, 7) is 1.95. The van der Waals surface area contributed by atoms with Crippen LogP contribution in [0.1, 0.15) is 42.1 Å². The number of hydrogen-bond acceptors (Lipinski definition) is 7. The lowest BCUT2D eigenvalue weighted by Gasteiger charge is -2.45. The molecule has 3 N–H and O–H groups in total. The van der Waals surface area contributed by atoms with Gasteiger partial charge in [0.1, 0.15) is 6.04 Å². The summed E-state index contributed by atoms with van der Waals surface area (Å²) < 4.78 is 30.8. The van der Waals surface area contributed by atoms with Crippen LogP contribution in [0.4, 0.5) is 25.4 Å². The van der Waals surface area contributed by atoms with Crippen molar-refractivity contribution < 1.29 is 37.8 Å². The number of amides is 4. The second-order valence-electron chi connectivity index (χ2n) is 9.66. The molecule has 11 nitrogen and oxygen atoms in total. The molecule has 214 valence electrons. The molecule has 3 atom stereocenters. The van der Waals surface area contributed by atoms with Crippen molar-refractivity contribution in [1.29, 1.82) is 0 Å². The molecule has 2 heterocycles. The van der Waals surface area contributed by atoms with Crippen LogP contribution in [0.5, 0.6) is 0 Å². The van der Waals surface area contributed by atoms with E-state index in [2.05, 4.69) is 20.7 Å². The van der Waals surface area contributed by atoms with Gasteiger partial charge in [-0.3, -0.25) is 20.2 Å². The Labute approximate surface area is 235 Å². The molecule has 0 unspecified atom stereocenters. The van der Waals surface area contributed by atoms with E-state index < -0.39 is 41.5 Å². The molecule has 40 heavy (non-hydrogen) atoms. The van der Waals surface area contributed by atoms with Crippen LogP contribution in [-0.2, 0) is 24.6 Å². The molecule has 2 aliphatic heterocycles. The average molecular weight is 577 g/mol. The number of benzene rings is 2. The zero-order chi connectivity index (χ0) is 29.0. The standard InChI is InChI=1S/C27H30ClFN4O7/c1-15(38-2)13-20(31-23(34)16-5-7-17(8-6-16)30-25(36)39-3)24(35)33-12-4-11-27(14-33)21-19(32-26(37)40-27)10-9-18(28)22(21)29/h5-10,15,20H,4,11-14H2,1-3H3,(H,30,36)(H,31,34)(H,32,37)/t15-,20+,27-/m0/s1. The number of halogens is 2. The van der Waals surface area contributed by atoms with Crippen molar-refractivity contribution in [2.75, 3.05) is 37.9 Å². The number of likely N-dealkylation sites (tertiary alicyclic amines) is 1. The van der Waals surface area contributed by atoms with E-state index in [0.717, 1.165) is 0 Å². The Morgan fingerprint density at radius 1 is 1.20 bits per heavy atom. The van der Waals surface area contributed by atoms with Gasteiger partial charge in [-0.25, -0.2) is 14.0 Å². The first-order chi connectivity index (χ1) is 19.1. The topological polar surface area (TPSA) is 135 Å². The number of piperidine rings is 1. The van der Waals surface area contributed by atoms with E-state index in [4.69, 9.17) is 21.1 Å². The van der Waals surface area contributed by atoms with Gasteiger partial charge in [-0.05, 0) is 56.2 Å². The van der Waals surface area contributed by atoms with Gasteiger partial charge < -0.3 is 24.4 Å². The molecule has 0 aromatic heterocycles. The molecule has 2 aromatic rings. The fraction of sp³-hybridized carbons (Fsp3) is 0.407. The molecular formula is C27H30ClFN4O7. The number of methoxy groups -OCH3 is 2. The summed E-state index contributed by atoms with van der Waals surface area (Å²) in [6.07, 6.45) is -0.935. The summed E-state index contributed by atoms with van der Waals surface area (Å²) in [4.78, 5) is 52.2. The summed E-state index contributed by atoms with van der Waals surface area (Å²) in [5, 5.41) is 7.63. The van der Waals surface area contributed by atoms with Gasteiger partial charge in [0, 0.05) is 31.3 Å². The van der Waals surface area contributed by atoms with Crippen molar-refractivity contribution in [1.82, 2.24) is 10.2 Å². The zero-order valence-corrected chi connectivity index (χ0v) is 23.0. The largest absolute Gasteiger partial charge is 0.453 e. The first kappa shape index (κ1) is 29.1. The van der Waals surface area contributed by atoms with E-state index in [9.17, 15) is 19.2 Å². The monoisotopic (exact) mass is 576 g/mol. The van der Waals surface area contributed by atoms with Crippen LogP contribution < -0.4 is 16.0 Å². The molecule has 0 saturated carbocycles. The molecule has 4 amide bonds. The minimum absolute atomic E-state index is 0.0867. The lowest BCUT2D eigenvalue weighted by molar-refractivity contribution is -0.142. The van der Waals surface area contributed by atoms with Gasteiger partial charge in [0.2, 0.25) is 5.91 Å². The highest BCUT2D eigenvalue weighted by Gasteiger charge is 2.49. The number of carbonyl (C=O) groups excluding carboxylic acids is 4. The van der Waals surface area contributed by atoms with Gasteiger partial charge in [0.15, 0.2) is 11.4 Å². The molecule has 2 aromatic carbocycles. The third-order valence-electron chi connectivity index (χ3n) is 6.99. The molecule has 13 heteroatoms. The Bertz CT molecular complexity index is 1310. The maximum Gasteiger partial charge on any atom is 0.412 e. The van der Waals surface area contributed by atoms with Crippen LogP contribution in [-0.4, -0.2) is 68.4 Å². The van der Waals surface area contributed by atoms with Gasteiger partial charge in [0.05, 0.1) is 36.0 Å². The van der Waals surface area contributed by atoms with Gasteiger partial charge in [0.25, 0.3) is 5.91 Å². The minimum atomic E-state index is -1.44. The highest BCUT2D eigenvalue weighted by atomic mass is 35.5. The Morgan fingerprint density at radius 2 is 1.93 bits per heavy atom. The van der Waals surface area contributed by atoms with Gasteiger partial charge in [-0.1, -0.05) is 11.6 Å². The molecule has 0 aliphatic carbocycles. The van der Waals surface area contributed by atoms with Gasteiger partial charge in [-0.15, -0.1) is 0 Å². The highest BCUT2D eigenvalue weighted by Crippen LogP contribution is 2.45. The van der Waals surface area contributed by atoms with E-state index in [1.165, 1.54) is 55.5 Å². The van der Waals surface area contributed by atoms with Crippen molar-refractivity contribution in [3.63, 3.8) is 0 Å². The fourth-order valence-electron chi connectivity index (χ4n) is 4.95. The quantitative estimate of drug-likeness (QED) is 0.448. The van der Waals surface area contributed by atoms with Crippen molar-refractivity contribution in [2.45, 2.75) is 43.9 Å². The summed E-state index contributed by atoms with van der Waals surface area (Å²) >= 11 is 6.05.